The summed E-state index contributed by atoms with van der Waals surface area (Å²) in [5.41, 5.74) is 4.07. The van der Waals surface area contributed by atoms with Gasteiger partial charge in [-0.15, -0.1) is 0 Å². The smallest absolute Gasteiger partial charge is 0.224 e. The number of hydrogen-bond donors (Lipinski definition) is 1. The molecular formula is C22H27NO3. The number of methoxy groups -OCH3 is 1. The average molecular weight is 353 g/mol. The Hall–Kier alpha value is -2.49. The van der Waals surface area contributed by atoms with Gasteiger partial charge in [-0.1, -0.05) is 23.8 Å². The third-order valence-electron chi connectivity index (χ3n) is 4.86. The molecule has 0 aliphatic carbocycles. The minimum atomic E-state index is -0.350. The van der Waals surface area contributed by atoms with Gasteiger partial charge in [0.15, 0.2) is 0 Å². The van der Waals surface area contributed by atoms with E-state index in [0.717, 1.165) is 34.6 Å². The Morgan fingerprint density at radius 1 is 1.23 bits per heavy atom. The highest BCUT2D eigenvalue weighted by atomic mass is 16.5. The molecule has 0 unspecified atom stereocenters. The van der Waals surface area contributed by atoms with Crippen molar-refractivity contribution >= 4 is 5.91 Å². The van der Waals surface area contributed by atoms with E-state index in [9.17, 15) is 4.79 Å². The number of ether oxygens (including phenoxy) is 2. The number of benzene rings is 2. The lowest BCUT2D eigenvalue weighted by molar-refractivity contribution is -0.121. The summed E-state index contributed by atoms with van der Waals surface area (Å²) in [6, 6.07) is 11.9. The molecule has 1 atom stereocenters. The molecule has 0 saturated heterocycles. The summed E-state index contributed by atoms with van der Waals surface area (Å²) in [6.45, 7) is 8.19. The first kappa shape index (κ1) is 18.3. The van der Waals surface area contributed by atoms with Crippen LogP contribution in [0.4, 0.5) is 0 Å². The van der Waals surface area contributed by atoms with Gasteiger partial charge in [-0.3, -0.25) is 4.79 Å². The highest BCUT2D eigenvalue weighted by Gasteiger charge is 2.34. The fourth-order valence-electron chi connectivity index (χ4n) is 3.55. The van der Waals surface area contributed by atoms with Crippen molar-refractivity contribution in [1.29, 1.82) is 0 Å². The normalized spacial score (nSPS) is 17.8. The van der Waals surface area contributed by atoms with Gasteiger partial charge in [0.05, 0.1) is 19.6 Å². The summed E-state index contributed by atoms with van der Waals surface area (Å²) < 4.78 is 11.4. The van der Waals surface area contributed by atoms with Gasteiger partial charge in [-0.25, -0.2) is 0 Å². The second kappa shape index (κ2) is 7.02. The van der Waals surface area contributed by atoms with E-state index >= 15 is 0 Å². The molecule has 0 aromatic heterocycles. The molecule has 4 heteroatoms. The highest BCUT2D eigenvalue weighted by Crippen LogP contribution is 2.41. The van der Waals surface area contributed by atoms with Crippen molar-refractivity contribution in [3.63, 3.8) is 0 Å². The van der Waals surface area contributed by atoms with Crippen LogP contribution in [0.3, 0.4) is 0 Å². The third-order valence-corrected chi connectivity index (χ3v) is 4.86. The van der Waals surface area contributed by atoms with Gasteiger partial charge in [-0.2, -0.15) is 0 Å². The van der Waals surface area contributed by atoms with Crippen LogP contribution >= 0.6 is 0 Å². The van der Waals surface area contributed by atoms with E-state index in [1.54, 1.807) is 7.11 Å². The van der Waals surface area contributed by atoms with Gasteiger partial charge in [0, 0.05) is 18.1 Å². The highest BCUT2D eigenvalue weighted by molar-refractivity contribution is 5.79. The van der Waals surface area contributed by atoms with Crippen molar-refractivity contribution in [2.45, 2.75) is 52.2 Å². The zero-order valence-corrected chi connectivity index (χ0v) is 16.2. The second-order valence-electron chi connectivity index (χ2n) is 7.70. The molecule has 1 amide bonds. The van der Waals surface area contributed by atoms with Gasteiger partial charge < -0.3 is 14.8 Å². The predicted octanol–water partition coefficient (Wildman–Crippen LogP) is 4.27. The van der Waals surface area contributed by atoms with Crippen LogP contribution in [0.25, 0.3) is 0 Å². The van der Waals surface area contributed by atoms with Crippen LogP contribution in [0.2, 0.25) is 0 Å². The van der Waals surface area contributed by atoms with E-state index in [0.29, 0.717) is 6.42 Å². The molecule has 138 valence electrons. The molecule has 0 spiro atoms. The summed E-state index contributed by atoms with van der Waals surface area (Å²) in [4.78, 5) is 12.7. The zero-order valence-electron chi connectivity index (χ0n) is 16.2. The van der Waals surface area contributed by atoms with Gasteiger partial charge in [0.25, 0.3) is 0 Å². The summed E-state index contributed by atoms with van der Waals surface area (Å²) in [6.07, 6.45) is 1.11. The minimum Gasteiger partial charge on any atom is -0.497 e. The van der Waals surface area contributed by atoms with Crippen LogP contribution < -0.4 is 14.8 Å². The maximum absolute atomic E-state index is 12.7. The van der Waals surface area contributed by atoms with E-state index in [1.165, 1.54) is 5.56 Å². The molecule has 2 aromatic carbocycles. The molecule has 0 fully saturated rings. The van der Waals surface area contributed by atoms with E-state index in [-0.39, 0.29) is 17.6 Å². The number of carbonyl (C=O) groups is 1. The van der Waals surface area contributed by atoms with Crippen molar-refractivity contribution < 1.29 is 14.3 Å². The van der Waals surface area contributed by atoms with Crippen LogP contribution in [0.15, 0.2) is 36.4 Å². The molecule has 26 heavy (non-hydrogen) atoms. The Bertz CT molecular complexity index is 826. The van der Waals surface area contributed by atoms with E-state index in [4.69, 9.17) is 9.47 Å². The van der Waals surface area contributed by atoms with Gasteiger partial charge in [0.1, 0.15) is 17.1 Å². The first-order valence-electron chi connectivity index (χ1n) is 9.00. The van der Waals surface area contributed by atoms with E-state index in [1.807, 2.05) is 38.1 Å². The first-order valence-corrected chi connectivity index (χ1v) is 9.00. The maximum Gasteiger partial charge on any atom is 0.224 e. The van der Waals surface area contributed by atoms with Crippen molar-refractivity contribution in [2.75, 3.05) is 7.11 Å². The summed E-state index contributed by atoms with van der Waals surface area (Å²) >= 11 is 0. The number of fused-ring (bicyclic) bond motifs is 1. The van der Waals surface area contributed by atoms with Crippen molar-refractivity contribution in [3.8, 4) is 11.5 Å². The quantitative estimate of drug-likeness (QED) is 0.893. The molecule has 1 aliphatic heterocycles. The topological polar surface area (TPSA) is 47.6 Å². The number of carbonyl (C=O) groups excluding carboxylic acids is 1. The molecular weight excluding hydrogens is 326 g/mol. The van der Waals surface area contributed by atoms with Crippen molar-refractivity contribution in [2.24, 2.45) is 0 Å². The van der Waals surface area contributed by atoms with Gasteiger partial charge in [-0.05, 0) is 51.0 Å². The lowest BCUT2D eigenvalue weighted by Gasteiger charge is -2.38. The molecule has 3 rings (SSSR count). The van der Waals surface area contributed by atoms with Crippen LogP contribution in [0.5, 0.6) is 11.5 Å². The van der Waals surface area contributed by atoms with Crippen LogP contribution in [-0.4, -0.2) is 18.6 Å². The Balaban J connectivity index is 1.79. The summed E-state index contributed by atoms with van der Waals surface area (Å²) in [7, 11) is 1.64. The molecule has 0 bridgehead atoms. The lowest BCUT2D eigenvalue weighted by Crippen LogP contribution is -2.41. The van der Waals surface area contributed by atoms with Gasteiger partial charge in [0.2, 0.25) is 5.91 Å². The largest absolute Gasteiger partial charge is 0.497 e. The standard InChI is InChI=1S/C22H27NO3/c1-14-6-7-16(15(2)10-14)11-21(24)23-19-13-22(3,4)26-20-12-17(25-5)8-9-18(19)20/h6-10,12,19H,11,13H2,1-5H3,(H,23,24)/t19-/m0/s1. The number of hydrogen-bond acceptors (Lipinski definition) is 3. The minimum absolute atomic E-state index is 0.0291. The second-order valence-corrected chi connectivity index (χ2v) is 7.70. The van der Waals surface area contributed by atoms with Crippen LogP contribution in [0, 0.1) is 13.8 Å². The SMILES string of the molecule is COc1ccc2c(c1)OC(C)(C)C[C@@H]2NC(=O)Cc1ccc(C)cc1C. The third kappa shape index (κ3) is 4.01. The average Bonchev–Trinajstić information content (AvgIpc) is 2.55. The fourth-order valence-corrected chi connectivity index (χ4v) is 3.55. The Morgan fingerprint density at radius 3 is 2.69 bits per heavy atom. The predicted molar refractivity (Wildman–Crippen MR) is 103 cm³/mol. The Morgan fingerprint density at radius 2 is 2.00 bits per heavy atom. The first-order chi connectivity index (χ1) is 12.3. The van der Waals surface area contributed by atoms with Crippen LogP contribution in [-0.2, 0) is 11.2 Å². The van der Waals surface area contributed by atoms with Crippen molar-refractivity contribution in [3.05, 3.63) is 58.7 Å². The molecule has 1 aliphatic rings. The van der Waals surface area contributed by atoms with Crippen LogP contribution in [0.1, 0.15) is 48.6 Å². The number of rotatable bonds is 4. The zero-order chi connectivity index (χ0) is 18.9. The van der Waals surface area contributed by atoms with Gasteiger partial charge >= 0.3 is 0 Å². The molecule has 4 nitrogen and oxygen atoms in total. The number of amides is 1. The summed E-state index contributed by atoms with van der Waals surface area (Å²) in [5, 5.41) is 3.20. The monoisotopic (exact) mass is 353 g/mol. The Kier molecular flexibility index (Phi) is 4.94. The van der Waals surface area contributed by atoms with E-state index in [2.05, 4.69) is 31.3 Å². The van der Waals surface area contributed by atoms with Crippen molar-refractivity contribution in [1.82, 2.24) is 5.32 Å². The van der Waals surface area contributed by atoms with E-state index < -0.39 is 0 Å². The Labute approximate surface area is 155 Å². The number of nitrogens with one attached hydrogen (secondary N) is 1. The molecule has 1 heterocycles. The molecule has 0 radical (unpaired) electrons. The lowest BCUT2D eigenvalue weighted by atomic mass is 9.89. The summed E-state index contributed by atoms with van der Waals surface area (Å²) in [5.74, 6) is 1.56. The maximum atomic E-state index is 12.7. The molecule has 1 N–H and O–H groups in total. The number of aryl methyl sites for hydroxylation is 2. The molecule has 0 saturated carbocycles. The molecule has 2 aromatic rings. The fraction of sp³-hybridized carbons (Fsp3) is 0.409.